The molecule has 0 fully saturated rings. The van der Waals surface area contributed by atoms with E-state index in [2.05, 4.69) is 6.08 Å². The van der Waals surface area contributed by atoms with Gasteiger partial charge in [0.05, 0.1) is 6.10 Å². The molecule has 0 saturated heterocycles. The van der Waals surface area contributed by atoms with Gasteiger partial charge in [0.15, 0.2) is 0 Å². The van der Waals surface area contributed by atoms with Crippen molar-refractivity contribution in [2.24, 2.45) is 5.92 Å². The summed E-state index contributed by atoms with van der Waals surface area (Å²) in [5.74, 6) is 0.394. The average Bonchev–Trinajstić information content (AvgIpc) is 1.88. The Morgan fingerprint density at radius 1 is 1.40 bits per heavy atom. The fraction of sp³-hybridized carbons (Fsp3) is 0.778. The molecule has 1 atom stereocenters. The van der Waals surface area contributed by atoms with Crippen LogP contribution in [0, 0.1) is 5.92 Å². The second-order valence-electron chi connectivity index (χ2n) is 2.96. The largest absolute Gasteiger partial charge is 0.393 e. The van der Waals surface area contributed by atoms with Crippen LogP contribution in [0.3, 0.4) is 0 Å². The number of aliphatic hydroxyl groups excluding tert-OH is 1. The van der Waals surface area contributed by atoms with E-state index in [1.165, 1.54) is 0 Å². The Bertz CT molecular complexity index is 94.9. The third-order valence-corrected chi connectivity index (χ3v) is 1.63. The molecule has 0 bridgehead atoms. The predicted molar refractivity (Wildman–Crippen MR) is 44.9 cm³/mol. The second-order valence-corrected chi connectivity index (χ2v) is 2.96. The maximum absolute atomic E-state index is 9.32. The summed E-state index contributed by atoms with van der Waals surface area (Å²) in [6, 6.07) is 0. The topological polar surface area (TPSA) is 20.2 Å². The molecule has 0 aromatic rings. The van der Waals surface area contributed by atoms with Gasteiger partial charge in [-0.05, 0) is 25.7 Å². The van der Waals surface area contributed by atoms with Crippen LogP contribution in [-0.2, 0) is 0 Å². The molecule has 0 aliphatic carbocycles. The van der Waals surface area contributed by atoms with Gasteiger partial charge in [0.2, 0.25) is 0 Å². The molecule has 0 spiro atoms. The number of rotatable bonds is 4. The van der Waals surface area contributed by atoms with E-state index in [1.54, 1.807) is 0 Å². The van der Waals surface area contributed by atoms with E-state index in [9.17, 15) is 5.11 Å². The lowest BCUT2D eigenvalue weighted by molar-refractivity contribution is 0.117. The first-order valence-electron chi connectivity index (χ1n) is 3.97. The highest BCUT2D eigenvalue weighted by Crippen LogP contribution is 2.07. The van der Waals surface area contributed by atoms with Crippen molar-refractivity contribution in [3.05, 3.63) is 12.2 Å². The van der Waals surface area contributed by atoms with E-state index in [-0.39, 0.29) is 6.10 Å². The van der Waals surface area contributed by atoms with Gasteiger partial charge in [-0.3, -0.25) is 0 Å². The van der Waals surface area contributed by atoms with Crippen LogP contribution in [0.2, 0.25) is 0 Å². The molecule has 0 aromatic heterocycles. The first-order chi connectivity index (χ1) is 4.68. The van der Waals surface area contributed by atoms with Gasteiger partial charge in [-0.25, -0.2) is 0 Å². The zero-order valence-corrected chi connectivity index (χ0v) is 7.17. The molecular weight excluding hydrogens is 124 g/mol. The van der Waals surface area contributed by atoms with Crippen LogP contribution in [0.4, 0.5) is 0 Å². The van der Waals surface area contributed by atoms with Crippen LogP contribution in [0.15, 0.2) is 12.2 Å². The van der Waals surface area contributed by atoms with Gasteiger partial charge in [-0.15, -0.1) is 0 Å². The Kier molecular flexibility index (Phi) is 5.32. The standard InChI is InChI=1S/C9H18O/c1-4-5-6-7-9(10)8(2)3/h4-5,8-10H,6-7H2,1-3H3/b5-4-. The van der Waals surface area contributed by atoms with Crippen molar-refractivity contribution in [2.45, 2.75) is 39.7 Å². The van der Waals surface area contributed by atoms with Crippen molar-refractivity contribution < 1.29 is 5.11 Å². The molecule has 1 heteroatoms. The van der Waals surface area contributed by atoms with Crippen LogP contribution >= 0.6 is 0 Å². The Morgan fingerprint density at radius 2 is 2.00 bits per heavy atom. The van der Waals surface area contributed by atoms with Crippen LogP contribution in [0.5, 0.6) is 0 Å². The fourth-order valence-corrected chi connectivity index (χ4v) is 0.767. The lowest BCUT2D eigenvalue weighted by Crippen LogP contribution is -2.13. The Morgan fingerprint density at radius 3 is 2.40 bits per heavy atom. The molecule has 10 heavy (non-hydrogen) atoms. The molecule has 0 radical (unpaired) electrons. The lowest BCUT2D eigenvalue weighted by atomic mass is 10.0. The average molecular weight is 142 g/mol. The Hall–Kier alpha value is -0.300. The summed E-state index contributed by atoms with van der Waals surface area (Å²) in [4.78, 5) is 0. The van der Waals surface area contributed by atoms with Crippen molar-refractivity contribution in [1.82, 2.24) is 0 Å². The van der Waals surface area contributed by atoms with E-state index < -0.39 is 0 Å². The molecule has 60 valence electrons. The summed E-state index contributed by atoms with van der Waals surface area (Å²) in [6.45, 7) is 6.09. The SMILES string of the molecule is C/C=C\CCC(O)C(C)C. The first kappa shape index (κ1) is 9.70. The van der Waals surface area contributed by atoms with Crippen molar-refractivity contribution in [1.29, 1.82) is 0 Å². The van der Waals surface area contributed by atoms with Gasteiger partial charge in [0.1, 0.15) is 0 Å². The van der Waals surface area contributed by atoms with Crippen LogP contribution < -0.4 is 0 Å². The van der Waals surface area contributed by atoms with Gasteiger partial charge in [-0.1, -0.05) is 26.0 Å². The minimum Gasteiger partial charge on any atom is -0.393 e. The smallest absolute Gasteiger partial charge is 0.0566 e. The summed E-state index contributed by atoms with van der Waals surface area (Å²) in [7, 11) is 0. The monoisotopic (exact) mass is 142 g/mol. The molecule has 1 nitrogen and oxygen atoms in total. The minimum atomic E-state index is -0.129. The van der Waals surface area contributed by atoms with Crippen LogP contribution in [0.25, 0.3) is 0 Å². The third kappa shape index (κ3) is 4.57. The van der Waals surface area contributed by atoms with Crippen molar-refractivity contribution in [3.63, 3.8) is 0 Å². The zero-order valence-electron chi connectivity index (χ0n) is 7.17. The summed E-state index contributed by atoms with van der Waals surface area (Å²) < 4.78 is 0. The zero-order chi connectivity index (χ0) is 7.98. The second kappa shape index (κ2) is 5.48. The number of hydrogen-bond acceptors (Lipinski definition) is 1. The van der Waals surface area contributed by atoms with Gasteiger partial charge < -0.3 is 5.11 Å². The molecule has 0 heterocycles. The normalized spacial score (nSPS) is 14.9. The van der Waals surface area contributed by atoms with Crippen LogP contribution in [0.1, 0.15) is 33.6 Å². The first-order valence-corrected chi connectivity index (χ1v) is 3.97. The molecule has 0 aromatic carbocycles. The summed E-state index contributed by atoms with van der Waals surface area (Å²) in [5.41, 5.74) is 0. The van der Waals surface area contributed by atoms with E-state index in [0.717, 1.165) is 12.8 Å². The quantitative estimate of drug-likeness (QED) is 0.597. The van der Waals surface area contributed by atoms with Gasteiger partial charge in [0, 0.05) is 0 Å². The molecular formula is C9H18O. The summed E-state index contributed by atoms with van der Waals surface area (Å²) >= 11 is 0. The van der Waals surface area contributed by atoms with Gasteiger partial charge in [-0.2, -0.15) is 0 Å². The van der Waals surface area contributed by atoms with Gasteiger partial charge in [0.25, 0.3) is 0 Å². The number of aliphatic hydroxyl groups is 1. The molecule has 0 aliphatic heterocycles. The highest BCUT2D eigenvalue weighted by atomic mass is 16.3. The third-order valence-electron chi connectivity index (χ3n) is 1.63. The van der Waals surface area contributed by atoms with Crippen LogP contribution in [-0.4, -0.2) is 11.2 Å². The maximum atomic E-state index is 9.32. The van der Waals surface area contributed by atoms with Crippen molar-refractivity contribution in [2.75, 3.05) is 0 Å². The Labute approximate surface area is 63.8 Å². The molecule has 0 saturated carbocycles. The van der Waals surface area contributed by atoms with Gasteiger partial charge >= 0.3 is 0 Å². The van der Waals surface area contributed by atoms with E-state index in [0.29, 0.717) is 5.92 Å². The maximum Gasteiger partial charge on any atom is 0.0566 e. The predicted octanol–water partition coefficient (Wildman–Crippen LogP) is 2.36. The Balaban J connectivity index is 3.30. The van der Waals surface area contributed by atoms with E-state index in [1.807, 2.05) is 26.8 Å². The molecule has 1 N–H and O–H groups in total. The molecule has 1 unspecified atom stereocenters. The summed E-state index contributed by atoms with van der Waals surface area (Å²) in [6.07, 6.45) is 5.87. The highest BCUT2D eigenvalue weighted by molar-refractivity contribution is 4.78. The summed E-state index contributed by atoms with van der Waals surface area (Å²) in [5, 5.41) is 9.32. The highest BCUT2D eigenvalue weighted by Gasteiger charge is 2.06. The fourth-order valence-electron chi connectivity index (χ4n) is 0.767. The number of allylic oxidation sites excluding steroid dienone is 2. The number of hydrogen-bond donors (Lipinski definition) is 1. The van der Waals surface area contributed by atoms with Crippen molar-refractivity contribution in [3.8, 4) is 0 Å². The van der Waals surface area contributed by atoms with E-state index in [4.69, 9.17) is 0 Å². The molecule has 0 aliphatic rings. The molecule has 0 amide bonds. The van der Waals surface area contributed by atoms with E-state index >= 15 is 0 Å². The van der Waals surface area contributed by atoms with Crippen molar-refractivity contribution >= 4 is 0 Å². The minimum absolute atomic E-state index is 0.129. The lowest BCUT2D eigenvalue weighted by Gasteiger charge is -2.12. The molecule has 0 rings (SSSR count).